The summed E-state index contributed by atoms with van der Waals surface area (Å²) in [6, 6.07) is 5.64. The zero-order chi connectivity index (χ0) is 21.8. The first kappa shape index (κ1) is 22.4. The van der Waals surface area contributed by atoms with Crippen molar-refractivity contribution in [3.8, 4) is 0 Å². The summed E-state index contributed by atoms with van der Waals surface area (Å²) >= 11 is 0. The average molecular weight is 423 g/mol. The first-order valence-corrected chi connectivity index (χ1v) is 10.8. The highest BCUT2D eigenvalue weighted by Gasteiger charge is 2.29. The molecule has 0 saturated heterocycles. The number of rotatable bonds is 8. The lowest BCUT2D eigenvalue weighted by atomic mass is 10.2. The molecule has 0 aliphatic rings. The Bertz CT molecular complexity index is 1010. The van der Waals surface area contributed by atoms with Gasteiger partial charge >= 0.3 is 6.09 Å². The third-order valence-corrected chi connectivity index (χ3v) is 6.18. The number of hydrogen-bond acceptors (Lipinski definition) is 5. The summed E-state index contributed by atoms with van der Waals surface area (Å²) in [5.41, 5.74) is 1.33. The van der Waals surface area contributed by atoms with Crippen molar-refractivity contribution in [3.05, 3.63) is 35.7 Å². The Balaban J connectivity index is 2.54. The molecule has 0 fully saturated rings. The van der Waals surface area contributed by atoms with Gasteiger partial charge in [0.05, 0.1) is 22.8 Å². The monoisotopic (exact) mass is 422 g/mol. The van der Waals surface area contributed by atoms with E-state index in [-0.39, 0.29) is 22.2 Å². The zero-order valence-electron chi connectivity index (χ0n) is 16.9. The first-order valence-electron chi connectivity index (χ1n) is 9.30. The number of anilines is 1. The summed E-state index contributed by atoms with van der Waals surface area (Å²) < 4.78 is 28.4. The molecular formula is C19H26N4O5S. The Kier molecular flexibility index (Phi) is 7.02. The molecule has 0 spiro atoms. The minimum Gasteiger partial charge on any atom is -0.465 e. The molecule has 0 radical (unpaired) electrons. The van der Waals surface area contributed by atoms with E-state index >= 15 is 0 Å². The highest BCUT2D eigenvalue weighted by Crippen LogP contribution is 2.30. The van der Waals surface area contributed by atoms with Crippen molar-refractivity contribution in [3.63, 3.8) is 0 Å². The van der Waals surface area contributed by atoms with Gasteiger partial charge in [0.1, 0.15) is 4.90 Å². The van der Waals surface area contributed by atoms with Gasteiger partial charge in [0.25, 0.3) is 0 Å². The van der Waals surface area contributed by atoms with Crippen LogP contribution in [0.5, 0.6) is 0 Å². The molecule has 0 unspecified atom stereocenters. The molecule has 2 amide bonds. The summed E-state index contributed by atoms with van der Waals surface area (Å²) in [5, 5.41) is 18.3. The van der Waals surface area contributed by atoms with Crippen molar-refractivity contribution in [2.24, 2.45) is 0 Å². The second-order valence-corrected chi connectivity index (χ2v) is 8.56. The number of aromatic nitrogens is 2. The molecule has 158 valence electrons. The van der Waals surface area contributed by atoms with Crippen LogP contribution in [-0.2, 0) is 34.0 Å². The SMILES string of the molecule is CCc1nn(C[C@H](C)NC(=O)O)c(CC)c1S(=O)(=O)c1cccc(NC(C)=O)c1. The van der Waals surface area contributed by atoms with E-state index in [0.717, 1.165) is 0 Å². The molecule has 1 aromatic carbocycles. The molecule has 0 saturated carbocycles. The number of carbonyl (C=O) groups excluding carboxylic acids is 1. The van der Waals surface area contributed by atoms with Crippen molar-refractivity contribution in [1.29, 1.82) is 0 Å². The smallest absolute Gasteiger partial charge is 0.404 e. The van der Waals surface area contributed by atoms with Crippen LogP contribution >= 0.6 is 0 Å². The summed E-state index contributed by atoms with van der Waals surface area (Å²) in [6.45, 7) is 6.89. The quantitative estimate of drug-likeness (QED) is 0.599. The number of sulfone groups is 1. The second kappa shape index (κ2) is 9.08. The maximum atomic E-state index is 13.4. The number of nitrogens with one attached hydrogen (secondary N) is 2. The topological polar surface area (TPSA) is 130 Å². The van der Waals surface area contributed by atoms with Gasteiger partial charge in [-0.2, -0.15) is 5.10 Å². The molecular weight excluding hydrogens is 396 g/mol. The van der Waals surface area contributed by atoms with Gasteiger partial charge in [-0.3, -0.25) is 9.48 Å². The maximum absolute atomic E-state index is 13.4. The van der Waals surface area contributed by atoms with Crippen LogP contribution in [0, 0.1) is 0 Å². The number of aryl methyl sites for hydroxylation is 1. The van der Waals surface area contributed by atoms with Crippen LogP contribution in [0.15, 0.2) is 34.1 Å². The van der Waals surface area contributed by atoms with Crippen LogP contribution in [0.3, 0.4) is 0 Å². The Morgan fingerprint density at radius 3 is 2.48 bits per heavy atom. The molecule has 3 N–H and O–H groups in total. The van der Waals surface area contributed by atoms with E-state index in [9.17, 15) is 18.0 Å². The number of hydrogen-bond donors (Lipinski definition) is 3. The van der Waals surface area contributed by atoms with Gasteiger partial charge in [0, 0.05) is 18.7 Å². The average Bonchev–Trinajstić information content (AvgIpc) is 2.98. The molecule has 1 heterocycles. The van der Waals surface area contributed by atoms with Crippen LogP contribution < -0.4 is 10.6 Å². The fourth-order valence-corrected chi connectivity index (χ4v) is 4.98. The van der Waals surface area contributed by atoms with Crippen LogP contribution in [0.25, 0.3) is 0 Å². The lowest BCUT2D eigenvalue weighted by molar-refractivity contribution is -0.114. The highest BCUT2D eigenvalue weighted by atomic mass is 32.2. The Hall–Kier alpha value is -2.88. The Morgan fingerprint density at radius 1 is 1.24 bits per heavy atom. The molecule has 10 heteroatoms. The van der Waals surface area contributed by atoms with Crippen LogP contribution in [0.4, 0.5) is 10.5 Å². The molecule has 0 aliphatic heterocycles. The maximum Gasteiger partial charge on any atom is 0.404 e. The number of amides is 2. The molecule has 0 bridgehead atoms. The molecule has 2 aromatic rings. The predicted molar refractivity (Wildman–Crippen MR) is 108 cm³/mol. The predicted octanol–water partition coefficient (Wildman–Crippen LogP) is 2.46. The Labute approximate surface area is 170 Å². The third kappa shape index (κ3) is 5.14. The molecule has 9 nitrogen and oxygen atoms in total. The zero-order valence-corrected chi connectivity index (χ0v) is 17.7. The minimum atomic E-state index is -3.89. The van der Waals surface area contributed by atoms with Gasteiger partial charge in [-0.15, -0.1) is 0 Å². The molecule has 2 rings (SSSR count). The lowest BCUT2D eigenvalue weighted by Crippen LogP contribution is -2.35. The van der Waals surface area contributed by atoms with Gasteiger partial charge in [0.2, 0.25) is 15.7 Å². The molecule has 0 aliphatic carbocycles. The third-order valence-electron chi connectivity index (χ3n) is 4.30. The fourth-order valence-electron chi connectivity index (χ4n) is 3.15. The van der Waals surface area contributed by atoms with Crippen molar-refractivity contribution < 1.29 is 23.1 Å². The summed E-state index contributed by atoms with van der Waals surface area (Å²) in [6.07, 6.45) is -0.339. The normalized spacial score (nSPS) is 12.4. The number of benzene rings is 1. The van der Waals surface area contributed by atoms with Crippen molar-refractivity contribution in [2.45, 2.75) is 62.9 Å². The van der Waals surface area contributed by atoms with Gasteiger partial charge in [-0.1, -0.05) is 19.9 Å². The number of carboxylic acid groups (broad SMARTS) is 1. The summed E-state index contributed by atoms with van der Waals surface area (Å²) in [5.74, 6) is -0.296. The van der Waals surface area contributed by atoms with Crippen LogP contribution in [0.2, 0.25) is 0 Å². The van der Waals surface area contributed by atoms with Crippen LogP contribution in [0.1, 0.15) is 39.1 Å². The molecule has 1 atom stereocenters. The van der Waals surface area contributed by atoms with E-state index in [1.54, 1.807) is 23.7 Å². The molecule has 29 heavy (non-hydrogen) atoms. The van der Waals surface area contributed by atoms with E-state index in [0.29, 0.717) is 29.9 Å². The number of carbonyl (C=O) groups is 2. The van der Waals surface area contributed by atoms with E-state index in [4.69, 9.17) is 5.11 Å². The second-order valence-electron chi connectivity index (χ2n) is 6.67. The van der Waals surface area contributed by atoms with Gasteiger partial charge < -0.3 is 15.7 Å². The summed E-state index contributed by atoms with van der Waals surface area (Å²) in [4.78, 5) is 22.4. The van der Waals surface area contributed by atoms with Crippen LogP contribution in [-0.4, -0.2) is 41.3 Å². The minimum absolute atomic E-state index is 0.0596. The largest absolute Gasteiger partial charge is 0.465 e. The van der Waals surface area contributed by atoms with Gasteiger partial charge in [-0.25, -0.2) is 13.2 Å². The lowest BCUT2D eigenvalue weighted by Gasteiger charge is -2.14. The van der Waals surface area contributed by atoms with Crippen molar-refractivity contribution >= 4 is 27.5 Å². The van der Waals surface area contributed by atoms with E-state index in [2.05, 4.69) is 15.7 Å². The fraction of sp³-hybridized carbons (Fsp3) is 0.421. The summed E-state index contributed by atoms with van der Waals surface area (Å²) in [7, 11) is -3.89. The Morgan fingerprint density at radius 2 is 1.93 bits per heavy atom. The van der Waals surface area contributed by atoms with Crippen molar-refractivity contribution in [2.75, 3.05) is 5.32 Å². The number of nitrogens with zero attached hydrogens (tertiary/aromatic N) is 2. The standard InChI is InChI=1S/C19H26N4O5S/c1-5-16-18(17(6-2)23(22-16)11-12(3)20-19(25)26)29(27,28)15-9-7-8-14(10-15)21-13(4)24/h7-10,12,20H,5-6,11H2,1-4H3,(H,21,24)(H,25,26)/t12-/m0/s1. The van der Waals surface area contributed by atoms with Gasteiger partial charge in [0.15, 0.2) is 0 Å². The van der Waals surface area contributed by atoms with Gasteiger partial charge in [-0.05, 0) is 38.0 Å². The molecule has 1 aromatic heterocycles. The van der Waals surface area contributed by atoms with E-state index < -0.39 is 22.0 Å². The first-order chi connectivity index (χ1) is 13.6. The van der Waals surface area contributed by atoms with E-state index in [1.807, 2.05) is 13.8 Å². The van der Waals surface area contributed by atoms with E-state index in [1.165, 1.54) is 19.1 Å². The van der Waals surface area contributed by atoms with Crippen molar-refractivity contribution in [1.82, 2.24) is 15.1 Å². The highest BCUT2D eigenvalue weighted by molar-refractivity contribution is 7.91.